The standard InChI is InChI=1S/C43H38N3/c1-41(2,3)27-21-23-37-31-15-11-19-35-39(31)46(44(37)25-27)40-32(38-24-22-28(26-45(38)46)42(4,5)6)16-12-20-36(40)43(35)33-17-9-7-13-29(33)30-14-8-10-18-34(30)43/h7-26H,1-6H3/q+3. The van der Waals surface area contributed by atoms with Gasteiger partial charge < -0.3 is 0 Å². The van der Waals surface area contributed by atoms with Crippen LogP contribution in [0.3, 0.4) is 0 Å². The van der Waals surface area contributed by atoms with Crippen molar-refractivity contribution in [2.75, 3.05) is 0 Å². The first-order valence-corrected chi connectivity index (χ1v) is 16.6. The molecule has 4 aliphatic rings. The summed E-state index contributed by atoms with van der Waals surface area (Å²) in [5.41, 5.74) is 18.2. The van der Waals surface area contributed by atoms with Crippen molar-refractivity contribution in [3.63, 3.8) is 0 Å². The summed E-state index contributed by atoms with van der Waals surface area (Å²) in [4.78, 5) is 0. The molecule has 1 aliphatic carbocycles. The van der Waals surface area contributed by atoms with Gasteiger partial charge in [-0.25, -0.2) is 0 Å². The average Bonchev–Trinajstić information content (AvgIpc) is 3.63. The van der Waals surface area contributed by atoms with Crippen LogP contribution in [0.25, 0.3) is 33.6 Å². The van der Waals surface area contributed by atoms with E-state index in [2.05, 4.69) is 172 Å². The molecule has 6 aromatic rings. The van der Waals surface area contributed by atoms with E-state index in [-0.39, 0.29) is 10.8 Å². The molecule has 4 aromatic carbocycles. The predicted octanol–water partition coefficient (Wildman–Crippen LogP) is 9.06. The molecular weight excluding hydrogens is 558 g/mol. The molecule has 0 bridgehead atoms. The molecule has 222 valence electrons. The van der Waals surface area contributed by atoms with Crippen LogP contribution in [0.1, 0.15) is 74.9 Å². The molecule has 0 fully saturated rings. The van der Waals surface area contributed by atoms with E-state index in [1.165, 1.54) is 78.4 Å². The van der Waals surface area contributed by atoms with Crippen molar-refractivity contribution in [3.05, 3.63) is 155 Å². The fourth-order valence-electron chi connectivity index (χ4n) is 9.16. The molecule has 0 amide bonds. The van der Waals surface area contributed by atoms with Gasteiger partial charge in [0.15, 0.2) is 4.70 Å². The van der Waals surface area contributed by atoms with Crippen molar-refractivity contribution in [1.29, 1.82) is 0 Å². The summed E-state index contributed by atoms with van der Waals surface area (Å²) in [7, 11) is 0. The van der Waals surface area contributed by atoms with Crippen LogP contribution in [0.4, 0.5) is 11.4 Å². The molecular formula is C43H38N3+3. The zero-order valence-electron chi connectivity index (χ0n) is 27.4. The number of rotatable bonds is 0. The Morgan fingerprint density at radius 2 is 0.826 bits per heavy atom. The molecule has 3 nitrogen and oxygen atoms in total. The number of fused-ring (bicyclic) bond motifs is 11. The first-order valence-electron chi connectivity index (χ1n) is 16.6. The SMILES string of the molecule is CC(C)(C)c1ccc2[n+](c1)[N+]13c4c-2cccc4C2(c4ccccc4-c4ccccc42)c2cccc(c21)-c1ccc(C(C)(C)C)c[n+]13. The fourth-order valence-corrected chi connectivity index (χ4v) is 9.16. The lowest BCUT2D eigenvalue weighted by Gasteiger charge is -2.38. The average molecular weight is 597 g/mol. The summed E-state index contributed by atoms with van der Waals surface area (Å²) in [6.45, 7) is 13.9. The second kappa shape index (κ2) is 8.10. The zero-order valence-corrected chi connectivity index (χ0v) is 27.4. The number of benzene rings is 4. The summed E-state index contributed by atoms with van der Waals surface area (Å²) in [6.07, 6.45) is 4.89. The molecule has 0 saturated carbocycles. The summed E-state index contributed by atoms with van der Waals surface area (Å²) < 4.78 is 5.67. The van der Waals surface area contributed by atoms with Crippen LogP contribution in [-0.4, -0.2) is 0 Å². The molecule has 0 unspecified atom stereocenters. The Morgan fingerprint density at radius 3 is 1.26 bits per heavy atom. The van der Waals surface area contributed by atoms with E-state index in [1.54, 1.807) is 0 Å². The Morgan fingerprint density at radius 1 is 0.435 bits per heavy atom. The zero-order chi connectivity index (χ0) is 31.4. The number of hydrogen-bond acceptors (Lipinski definition) is 0. The summed E-state index contributed by atoms with van der Waals surface area (Å²) >= 11 is 0. The lowest BCUT2D eigenvalue weighted by molar-refractivity contribution is -1.02. The Bertz CT molecular complexity index is 2180. The van der Waals surface area contributed by atoms with E-state index < -0.39 is 5.41 Å². The van der Waals surface area contributed by atoms with E-state index in [0.29, 0.717) is 4.70 Å². The van der Waals surface area contributed by atoms with Gasteiger partial charge in [-0.05, 0) is 57.3 Å². The van der Waals surface area contributed by atoms with Crippen LogP contribution in [0, 0.1) is 0 Å². The molecule has 46 heavy (non-hydrogen) atoms. The second-order valence-corrected chi connectivity index (χ2v) is 15.6. The highest BCUT2D eigenvalue weighted by Crippen LogP contribution is 2.67. The monoisotopic (exact) mass is 596 g/mol. The summed E-state index contributed by atoms with van der Waals surface area (Å²) in [5, 5.41) is 0. The normalized spacial score (nSPS) is 16.4. The molecule has 0 saturated heterocycles. The second-order valence-electron chi connectivity index (χ2n) is 15.6. The molecule has 2 aromatic heterocycles. The van der Waals surface area contributed by atoms with Crippen molar-refractivity contribution in [1.82, 2.24) is 4.70 Å². The van der Waals surface area contributed by atoms with E-state index in [9.17, 15) is 0 Å². The maximum absolute atomic E-state index is 2.58. The van der Waals surface area contributed by atoms with Crippen molar-refractivity contribution >= 4 is 11.4 Å². The highest BCUT2D eigenvalue weighted by molar-refractivity contribution is 5.98. The quantitative estimate of drug-likeness (QED) is 0.122. The first-order chi connectivity index (χ1) is 22.1. The number of quaternary nitrogens is 1. The number of pyridine rings is 2. The summed E-state index contributed by atoms with van der Waals surface area (Å²) in [6, 6.07) is 41.9. The number of hydrogen-bond donors (Lipinski definition) is 0. The molecule has 5 heterocycles. The molecule has 10 rings (SSSR count). The Balaban J connectivity index is 1.46. The molecule has 0 radical (unpaired) electrons. The topological polar surface area (TPSA) is 7.76 Å². The molecule has 3 aliphatic heterocycles. The van der Waals surface area contributed by atoms with Gasteiger partial charge in [0.05, 0.1) is 14.8 Å². The van der Waals surface area contributed by atoms with Crippen molar-refractivity contribution in [2.45, 2.75) is 57.8 Å². The van der Waals surface area contributed by atoms with Crippen molar-refractivity contribution in [2.24, 2.45) is 0 Å². The van der Waals surface area contributed by atoms with Gasteiger partial charge in [0, 0.05) is 34.4 Å². The minimum atomic E-state index is -0.434. The lowest BCUT2D eigenvalue weighted by Crippen LogP contribution is -2.82. The van der Waals surface area contributed by atoms with Gasteiger partial charge in [-0.1, -0.05) is 114 Å². The fraction of sp³-hybridized carbons (Fsp3) is 0.209. The third-order valence-corrected chi connectivity index (χ3v) is 11.2. The van der Waals surface area contributed by atoms with Crippen LogP contribution in [-0.2, 0) is 16.2 Å². The van der Waals surface area contributed by atoms with Crippen LogP contribution in [0.2, 0.25) is 0 Å². The van der Waals surface area contributed by atoms with Gasteiger partial charge in [0.25, 0.3) is 22.8 Å². The van der Waals surface area contributed by atoms with Crippen molar-refractivity contribution < 1.29 is 9.35 Å². The summed E-state index contributed by atoms with van der Waals surface area (Å²) in [5.74, 6) is 0. The minimum Gasteiger partial charge on any atom is -0.0619 e. The molecule has 3 heteroatoms. The van der Waals surface area contributed by atoms with Crippen LogP contribution >= 0.6 is 0 Å². The Kier molecular flexibility index (Phi) is 4.64. The first kappa shape index (κ1) is 26.4. The van der Waals surface area contributed by atoms with Gasteiger partial charge in [-0.2, -0.15) is 0 Å². The number of nitrogens with zero attached hydrogens (tertiary/aromatic N) is 3. The van der Waals surface area contributed by atoms with Gasteiger partial charge in [0.2, 0.25) is 12.4 Å². The Hall–Kier alpha value is -4.86. The number of aromatic nitrogens is 2. The van der Waals surface area contributed by atoms with E-state index >= 15 is 0 Å². The van der Waals surface area contributed by atoms with Crippen LogP contribution in [0.5, 0.6) is 0 Å². The highest BCUT2D eigenvalue weighted by atomic mass is 15.9. The molecule has 0 atom stereocenters. The molecule has 2 spiro atoms. The van der Waals surface area contributed by atoms with Gasteiger partial charge in [-0.3, -0.25) is 0 Å². The molecule has 0 N–H and O–H groups in total. The largest absolute Gasteiger partial charge is 0.286 e. The minimum absolute atomic E-state index is 0.00111. The third kappa shape index (κ3) is 2.78. The van der Waals surface area contributed by atoms with Crippen molar-refractivity contribution in [3.8, 4) is 33.6 Å². The van der Waals surface area contributed by atoms with E-state index in [1.807, 2.05) is 0 Å². The number of para-hydroxylation sites is 2. The van der Waals surface area contributed by atoms with Gasteiger partial charge >= 0.3 is 0 Å². The van der Waals surface area contributed by atoms with E-state index in [0.717, 1.165) is 0 Å². The van der Waals surface area contributed by atoms with Gasteiger partial charge in [0.1, 0.15) is 11.1 Å². The Labute approximate surface area is 271 Å². The highest BCUT2D eigenvalue weighted by Gasteiger charge is 2.75. The maximum Gasteiger partial charge on any atom is 0.286 e. The maximum atomic E-state index is 2.58. The van der Waals surface area contributed by atoms with E-state index in [4.69, 9.17) is 0 Å². The lowest BCUT2D eigenvalue weighted by atomic mass is 9.64. The van der Waals surface area contributed by atoms with Gasteiger partial charge in [-0.15, -0.1) is 0 Å². The van der Waals surface area contributed by atoms with Crippen LogP contribution in [0.15, 0.2) is 122 Å². The van der Waals surface area contributed by atoms with Crippen LogP contribution < -0.4 is 14.1 Å². The smallest absolute Gasteiger partial charge is 0.0619 e. The predicted molar refractivity (Wildman–Crippen MR) is 185 cm³/mol. The third-order valence-electron chi connectivity index (χ3n) is 11.2.